The molecule has 2 saturated heterocycles. The van der Waals surface area contributed by atoms with Crippen molar-refractivity contribution in [3.8, 4) is 0 Å². The second-order valence-electron chi connectivity index (χ2n) is 13.0. The Balaban J connectivity index is -0.000000498. The molecule has 0 N–H and O–H groups in total. The van der Waals surface area contributed by atoms with Gasteiger partial charge in [0.25, 0.3) is 0 Å². The normalized spacial score (nSPS) is 18.7. The first-order valence-electron chi connectivity index (χ1n) is 16.0. The first-order valence-corrected chi connectivity index (χ1v) is 25.3. The van der Waals surface area contributed by atoms with Crippen LogP contribution in [-0.4, -0.2) is 91.2 Å². The summed E-state index contributed by atoms with van der Waals surface area (Å²) in [6.45, 7) is 20.2. The number of carbonyl (C=O) groups is 2. The maximum atomic E-state index is 10.5. The van der Waals surface area contributed by atoms with Gasteiger partial charge in [-0.2, -0.15) is 25.3 Å². The zero-order chi connectivity index (χ0) is 32.5. The Morgan fingerprint density at radius 1 is 0.651 bits per heavy atom. The van der Waals surface area contributed by atoms with E-state index >= 15 is 0 Å². The van der Waals surface area contributed by atoms with E-state index in [0.717, 1.165) is 62.6 Å². The number of carboxylic acids is 2. The molecule has 2 heterocycles. The first kappa shape index (κ1) is 48.9. The van der Waals surface area contributed by atoms with Crippen LogP contribution in [0.25, 0.3) is 0 Å². The second kappa shape index (κ2) is 32.1. The van der Waals surface area contributed by atoms with Crippen molar-refractivity contribution in [1.29, 1.82) is 0 Å². The van der Waals surface area contributed by atoms with Crippen LogP contribution in [0, 0.1) is 35.5 Å². The number of hydrogen-bond donors (Lipinski definition) is 2. The van der Waals surface area contributed by atoms with Crippen molar-refractivity contribution in [2.45, 2.75) is 124 Å². The molecule has 252 valence electrons. The summed E-state index contributed by atoms with van der Waals surface area (Å²) >= 11 is 8.04. The van der Waals surface area contributed by atoms with Crippen LogP contribution >= 0.6 is 25.3 Å². The monoisotopic (exact) mass is 878 g/mol. The fourth-order valence-electron chi connectivity index (χ4n) is 4.11. The van der Waals surface area contributed by atoms with E-state index < -0.39 is 23.8 Å². The molecule has 2 aliphatic rings. The maximum absolute atomic E-state index is 10.5. The minimum Gasteiger partial charge on any atom is -2.00 e. The summed E-state index contributed by atoms with van der Waals surface area (Å²) in [5.74, 6) is 1.59. The minimum absolute atomic E-state index is 0. The third-order valence-electron chi connectivity index (χ3n) is 6.46. The van der Waals surface area contributed by atoms with Crippen LogP contribution in [0.5, 0.6) is 0 Å². The van der Waals surface area contributed by atoms with Gasteiger partial charge < -0.3 is 42.8 Å². The minimum atomic E-state index is -1.01. The summed E-state index contributed by atoms with van der Waals surface area (Å²) in [6.07, 6.45) is 5.33. The SMILES string of the molecule is CC(C)[CH2][Sn+2][CH2]C(C)C.CC(C)[CH2][Sn+2][CH2]C(C)C.O=C([O-])C(CS)CC1CCCO1.O=C([O-])C(CS)CC1CCCO1.[S-2]. The molecule has 0 spiro atoms. The summed E-state index contributed by atoms with van der Waals surface area (Å²) < 4.78 is 16.9. The van der Waals surface area contributed by atoms with Crippen LogP contribution in [-0.2, 0) is 32.6 Å². The zero-order valence-electron chi connectivity index (χ0n) is 28.3. The van der Waals surface area contributed by atoms with E-state index in [9.17, 15) is 19.8 Å². The van der Waals surface area contributed by atoms with Gasteiger partial charge in [0.1, 0.15) is 0 Å². The van der Waals surface area contributed by atoms with Gasteiger partial charge in [0.05, 0.1) is 12.2 Å². The Morgan fingerprint density at radius 2 is 0.930 bits per heavy atom. The molecule has 0 saturated carbocycles. The van der Waals surface area contributed by atoms with Gasteiger partial charge in [0.15, 0.2) is 0 Å². The second-order valence-corrected chi connectivity index (χ2v) is 21.3. The number of carbonyl (C=O) groups excluding carboxylic acids is 2. The van der Waals surface area contributed by atoms with Gasteiger partial charge in [-0.15, -0.1) is 0 Å². The Bertz CT molecular complexity index is 575. The molecule has 4 atom stereocenters. The molecular weight excluding hydrogens is 814 g/mol. The molecule has 4 unspecified atom stereocenters. The maximum Gasteiger partial charge on any atom is 0.0582 e. The molecule has 0 bridgehead atoms. The van der Waals surface area contributed by atoms with Crippen LogP contribution in [0.1, 0.15) is 93.9 Å². The van der Waals surface area contributed by atoms with Crippen LogP contribution in [0.2, 0.25) is 17.7 Å². The molecule has 0 amide bonds. The molecule has 11 heteroatoms. The molecule has 0 radical (unpaired) electrons. The molecule has 6 nitrogen and oxygen atoms in total. The van der Waals surface area contributed by atoms with Crippen molar-refractivity contribution in [3.63, 3.8) is 0 Å². The third-order valence-corrected chi connectivity index (χ3v) is 20.0. The average Bonchev–Trinajstić information content (AvgIpc) is 3.60. The van der Waals surface area contributed by atoms with Gasteiger partial charge in [-0.3, -0.25) is 0 Å². The van der Waals surface area contributed by atoms with Gasteiger partial charge in [-0.05, 0) is 50.0 Å². The molecule has 43 heavy (non-hydrogen) atoms. The molecule has 0 aliphatic carbocycles. The van der Waals surface area contributed by atoms with Crippen molar-refractivity contribution in [1.82, 2.24) is 0 Å². The van der Waals surface area contributed by atoms with Crippen LogP contribution < -0.4 is 10.2 Å². The van der Waals surface area contributed by atoms with Crippen LogP contribution in [0.3, 0.4) is 0 Å². The van der Waals surface area contributed by atoms with Gasteiger partial charge >= 0.3 is 139 Å². The summed E-state index contributed by atoms with van der Waals surface area (Å²) in [5.41, 5.74) is 0. The van der Waals surface area contributed by atoms with E-state index in [4.69, 9.17) is 9.47 Å². The van der Waals surface area contributed by atoms with Crippen molar-refractivity contribution in [3.05, 3.63) is 0 Å². The number of carboxylic acid groups (broad SMARTS) is 2. The number of thiol groups is 2. The van der Waals surface area contributed by atoms with Crippen molar-refractivity contribution in [2.24, 2.45) is 35.5 Å². The Hall–Kier alpha value is 1.51. The quantitative estimate of drug-likeness (QED) is 0.160. The van der Waals surface area contributed by atoms with E-state index in [1.54, 1.807) is 17.7 Å². The fraction of sp³-hybridized carbons (Fsp3) is 0.938. The molecule has 2 fully saturated rings. The number of hydrogen-bond acceptors (Lipinski definition) is 8. The van der Waals surface area contributed by atoms with E-state index in [2.05, 4.69) is 80.6 Å². The molecule has 2 rings (SSSR count). The van der Waals surface area contributed by atoms with Crippen molar-refractivity contribution >= 4 is 93.0 Å². The van der Waals surface area contributed by atoms with Gasteiger partial charge in [0, 0.05) is 37.0 Å². The molecular formula is C32H62O6S3Sn2. The predicted octanol–water partition coefficient (Wildman–Crippen LogP) is 5.38. The Labute approximate surface area is 303 Å². The topological polar surface area (TPSA) is 98.7 Å². The van der Waals surface area contributed by atoms with Crippen LogP contribution in [0.4, 0.5) is 0 Å². The Morgan fingerprint density at radius 3 is 1.09 bits per heavy atom. The summed E-state index contributed by atoms with van der Waals surface area (Å²) in [6, 6.07) is 0. The van der Waals surface area contributed by atoms with Gasteiger partial charge in [-0.25, -0.2) is 0 Å². The predicted molar refractivity (Wildman–Crippen MR) is 189 cm³/mol. The zero-order valence-corrected chi connectivity index (χ0v) is 36.6. The average molecular weight is 876 g/mol. The third kappa shape index (κ3) is 33.2. The number of ether oxygens (including phenoxy) is 2. The smallest absolute Gasteiger partial charge is 0.0582 e. The molecule has 2 aliphatic heterocycles. The Kier molecular flexibility index (Phi) is 36.5. The fourth-order valence-corrected chi connectivity index (χ4v) is 12.2. The van der Waals surface area contributed by atoms with Gasteiger partial charge in [0.2, 0.25) is 0 Å². The van der Waals surface area contributed by atoms with E-state index in [1.807, 2.05) is 0 Å². The van der Waals surface area contributed by atoms with Gasteiger partial charge in [-0.1, -0.05) is 0 Å². The van der Waals surface area contributed by atoms with Crippen LogP contribution in [0.15, 0.2) is 0 Å². The van der Waals surface area contributed by atoms with Crippen molar-refractivity contribution < 1.29 is 29.3 Å². The number of aliphatic carboxylic acids is 2. The summed E-state index contributed by atoms with van der Waals surface area (Å²) in [5, 5.41) is 21.0. The summed E-state index contributed by atoms with van der Waals surface area (Å²) in [4.78, 5) is 21.0. The van der Waals surface area contributed by atoms with E-state index in [-0.39, 0.29) is 68.0 Å². The first-order chi connectivity index (χ1) is 19.7. The molecule has 0 aromatic rings. The molecule has 0 aromatic heterocycles. The van der Waals surface area contributed by atoms with E-state index in [0.29, 0.717) is 24.3 Å². The largest absolute Gasteiger partial charge is 2.00 e. The number of rotatable bonds is 16. The van der Waals surface area contributed by atoms with E-state index in [1.165, 1.54) is 0 Å². The summed E-state index contributed by atoms with van der Waals surface area (Å²) in [7, 11) is 0. The molecule has 0 aromatic carbocycles. The van der Waals surface area contributed by atoms with Crippen molar-refractivity contribution in [2.75, 3.05) is 24.7 Å². The standard InChI is InChI=1S/2C8H14O3S.4C4H9.S.2Sn/c2*9-8(10)6(5-12)4-7-2-1-3-11-7;4*1-4(2)3;;;/h2*6-7,12H,1-5H2,(H,9,10);4*4H,1H2,2-3H3;;;/q;;;;;;-2;2*+2/p-2.